The van der Waals surface area contributed by atoms with Crippen molar-refractivity contribution in [2.24, 2.45) is 0 Å². The van der Waals surface area contributed by atoms with Gasteiger partial charge >= 0.3 is 0 Å². The molecule has 1 aliphatic rings. The first-order chi connectivity index (χ1) is 26.3. The number of aromatic nitrogens is 2. The fraction of sp³-hybridized carbons (Fsp3) is 0. The molecule has 9 aromatic carbocycles. The molecule has 12 aromatic rings. The van der Waals surface area contributed by atoms with Crippen molar-refractivity contribution in [2.75, 3.05) is 0 Å². The Bertz CT molecular complexity index is 3570. The molecule has 3 aromatic heterocycles. The van der Waals surface area contributed by atoms with Gasteiger partial charge in [-0.15, -0.1) is 0 Å². The smallest absolute Gasteiger partial charge is 0.137 e. The third-order valence-corrected chi connectivity index (χ3v) is 11.8. The summed E-state index contributed by atoms with van der Waals surface area (Å²) in [6.07, 6.45) is 0. The molecule has 3 heteroatoms. The van der Waals surface area contributed by atoms with E-state index in [-0.39, 0.29) is 0 Å². The van der Waals surface area contributed by atoms with Crippen LogP contribution in [0.25, 0.3) is 121 Å². The van der Waals surface area contributed by atoms with Gasteiger partial charge in [0.25, 0.3) is 0 Å². The van der Waals surface area contributed by atoms with Crippen molar-refractivity contribution in [1.29, 1.82) is 0 Å². The number of para-hydroxylation sites is 2. The monoisotopic (exact) mass is 672 g/mol. The molecule has 53 heavy (non-hydrogen) atoms. The van der Waals surface area contributed by atoms with E-state index >= 15 is 0 Å². The molecule has 1 aliphatic carbocycles. The second kappa shape index (κ2) is 9.81. The second-order valence-corrected chi connectivity index (χ2v) is 14.5. The fourth-order valence-corrected chi connectivity index (χ4v) is 9.63. The van der Waals surface area contributed by atoms with Crippen LogP contribution >= 0.6 is 0 Å². The van der Waals surface area contributed by atoms with Gasteiger partial charge in [-0.2, -0.15) is 0 Å². The van der Waals surface area contributed by atoms with Crippen molar-refractivity contribution < 1.29 is 4.42 Å². The van der Waals surface area contributed by atoms with Gasteiger partial charge in [-0.3, -0.25) is 0 Å². The molecule has 0 unspecified atom stereocenters. The highest BCUT2D eigenvalue weighted by Gasteiger charge is 2.26. The lowest BCUT2D eigenvalue weighted by Gasteiger charge is -2.13. The van der Waals surface area contributed by atoms with E-state index in [1.807, 2.05) is 0 Å². The number of benzene rings is 9. The van der Waals surface area contributed by atoms with Crippen LogP contribution in [-0.4, -0.2) is 9.13 Å². The summed E-state index contributed by atoms with van der Waals surface area (Å²) >= 11 is 0. The van der Waals surface area contributed by atoms with Gasteiger partial charge in [0.2, 0.25) is 0 Å². The number of rotatable bonds is 2. The summed E-state index contributed by atoms with van der Waals surface area (Å²) in [6.45, 7) is 0. The van der Waals surface area contributed by atoms with Crippen molar-refractivity contribution in [3.05, 3.63) is 170 Å². The molecule has 0 bridgehead atoms. The van der Waals surface area contributed by atoms with Gasteiger partial charge in [-0.1, -0.05) is 115 Å². The Morgan fingerprint density at radius 2 is 1.00 bits per heavy atom. The van der Waals surface area contributed by atoms with E-state index in [0.29, 0.717) is 0 Å². The third-order valence-electron chi connectivity index (χ3n) is 11.8. The quantitative estimate of drug-likeness (QED) is 0.179. The molecule has 0 amide bonds. The molecule has 0 aliphatic heterocycles. The number of furan rings is 1. The van der Waals surface area contributed by atoms with Crippen molar-refractivity contribution in [2.45, 2.75) is 0 Å². The molecule has 0 atom stereocenters. The van der Waals surface area contributed by atoms with E-state index in [4.69, 9.17) is 4.42 Å². The van der Waals surface area contributed by atoms with Crippen LogP contribution in [-0.2, 0) is 0 Å². The lowest BCUT2D eigenvalue weighted by Crippen LogP contribution is -1.96. The van der Waals surface area contributed by atoms with Crippen LogP contribution in [0.5, 0.6) is 0 Å². The number of nitrogens with zero attached hydrogens (tertiary/aromatic N) is 2. The summed E-state index contributed by atoms with van der Waals surface area (Å²) in [7, 11) is 0. The molecule has 0 N–H and O–H groups in total. The summed E-state index contributed by atoms with van der Waals surface area (Å²) < 4.78 is 11.6. The molecule has 0 saturated carbocycles. The van der Waals surface area contributed by atoms with Crippen molar-refractivity contribution in [1.82, 2.24) is 9.13 Å². The van der Waals surface area contributed by atoms with Gasteiger partial charge in [0, 0.05) is 38.3 Å². The molecular weight excluding hydrogens is 645 g/mol. The summed E-state index contributed by atoms with van der Waals surface area (Å²) in [6, 6.07) is 62.3. The van der Waals surface area contributed by atoms with Gasteiger partial charge in [0.05, 0.1) is 27.5 Å². The lowest BCUT2D eigenvalue weighted by molar-refractivity contribution is 0.669. The minimum absolute atomic E-state index is 0.895. The minimum Gasteiger partial charge on any atom is -0.456 e. The Kier molecular flexibility index (Phi) is 5.11. The summed E-state index contributed by atoms with van der Waals surface area (Å²) in [5, 5.41) is 12.2. The van der Waals surface area contributed by atoms with Gasteiger partial charge in [0.1, 0.15) is 11.2 Å². The highest BCUT2D eigenvalue weighted by Crippen LogP contribution is 2.50. The van der Waals surface area contributed by atoms with E-state index in [0.717, 1.165) is 33.3 Å². The van der Waals surface area contributed by atoms with E-state index in [2.05, 4.69) is 179 Å². The first-order valence-electron chi connectivity index (χ1n) is 18.3. The van der Waals surface area contributed by atoms with Crippen LogP contribution in [0.1, 0.15) is 0 Å². The average molecular weight is 673 g/mol. The highest BCUT2D eigenvalue weighted by atomic mass is 16.3. The van der Waals surface area contributed by atoms with Crippen LogP contribution in [0, 0.1) is 0 Å². The molecule has 3 nitrogen and oxygen atoms in total. The first-order valence-corrected chi connectivity index (χ1v) is 18.3. The summed E-state index contributed by atoms with van der Waals surface area (Å²) in [4.78, 5) is 0. The maximum absolute atomic E-state index is 6.57. The molecule has 0 fully saturated rings. The standard InChI is InChI=1S/C50H28N2O/c1-2-11-30-26-32(21-20-29(30)10-1)51-42-18-7-5-15-36(42)38-22-24-43-47(49(38)51)40-23-25-45-48(39-16-6-8-19-44(39)53-45)50(40)52(43)33-27-31-12-9-17-37-34-13-3-4-14-35(34)41(28-33)46(31)37/h1-28H. The van der Waals surface area contributed by atoms with Gasteiger partial charge in [-0.25, -0.2) is 0 Å². The Balaban J connectivity index is 1.25. The third kappa shape index (κ3) is 3.49. The van der Waals surface area contributed by atoms with E-state index in [9.17, 15) is 0 Å². The van der Waals surface area contributed by atoms with Crippen molar-refractivity contribution >= 4 is 87.1 Å². The van der Waals surface area contributed by atoms with Gasteiger partial charge < -0.3 is 13.6 Å². The number of fused-ring (bicyclic) bond motifs is 15. The van der Waals surface area contributed by atoms with Crippen LogP contribution in [0.3, 0.4) is 0 Å². The Morgan fingerprint density at radius 1 is 0.321 bits per heavy atom. The van der Waals surface area contributed by atoms with E-state index < -0.39 is 0 Å². The van der Waals surface area contributed by atoms with Crippen LogP contribution < -0.4 is 0 Å². The normalized spacial score (nSPS) is 12.5. The largest absolute Gasteiger partial charge is 0.456 e. The molecule has 244 valence electrons. The van der Waals surface area contributed by atoms with Crippen molar-refractivity contribution in [3.8, 4) is 33.6 Å². The Hall–Kier alpha value is -7.10. The number of hydrogen-bond donors (Lipinski definition) is 0. The Labute approximate surface area is 303 Å². The SMILES string of the molecule is c1ccc2c(c1)-c1cccc3cc(-n4c5ccc6c7ccccc7n(-c7ccc8ccccc8c7)c6c5c5ccc6oc7ccccc7c6c54)cc-2c13. The summed E-state index contributed by atoms with van der Waals surface area (Å²) in [5.74, 6) is 0. The van der Waals surface area contributed by atoms with Crippen LogP contribution in [0.15, 0.2) is 174 Å². The Morgan fingerprint density at radius 3 is 1.92 bits per heavy atom. The predicted molar refractivity (Wildman–Crippen MR) is 222 cm³/mol. The zero-order valence-electron chi connectivity index (χ0n) is 28.5. The van der Waals surface area contributed by atoms with Crippen molar-refractivity contribution in [3.63, 3.8) is 0 Å². The zero-order valence-corrected chi connectivity index (χ0v) is 28.5. The van der Waals surface area contributed by atoms with E-state index in [1.54, 1.807) is 0 Å². The fourth-order valence-electron chi connectivity index (χ4n) is 9.63. The molecule has 0 radical (unpaired) electrons. The van der Waals surface area contributed by atoms with E-state index in [1.165, 1.54) is 87.4 Å². The predicted octanol–water partition coefficient (Wildman–Crippen LogP) is 13.7. The first kappa shape index (κ1) is 27.6. The lowest BCUT2D eigenvalue weighted by atomic mass is 10.0. The molecule has 3 heterocycles. The zero-order chi connectivity index (χ0) is 34.4. The minimum atomic E-state index is 0.895. The second-order valence-electron chi connectivity index (χ2n) is 14.5. The topological polar surface area (TPSA) is 23.0 Å². The van der Waals surface area contributed by atoms with Crippen LogP contribution in [0.4, 0.5) is 0 Å². The average Bonchev–Trinajstić information content (AvgIpc) is 3.95. The maximum atomic E-state index is 6.57. The van der Waals surface area contributed by atoms with Crippen LogP contribution in [0.2, 0.25) is 0 Å². The highest BCUT2D eigenvalue weighted by molar-refractivity contribution is 6.31. The molecule has 0 saturated heterocycles. The maximum Gasteiger partial charge on any atom is 0.137 e. The number of hydrogen-bond acceptors (Lipinski definition) is 1. The molecular formula is C50H28N2O. The molecule has 0 spiro atoms. The summed E-state index contributed by atoms with van der Waals surface area (Å²) in [5.41, 5.74) is 14.0. The van der Waals surface area contributed by atoms with Gasteiger partial charge in [0.15, 0.2) is 0 Å². The van der Waals surface area contributed by atoms with Gasteiger partial charge in [-0.05, 0) is 98.4 Å². The molecule has 13 rings (SSSR count).